The van der Waals surface area contributed by atoms with Gasteiger partial charge in [0.15, 0.2) is 5.78 Å². The Morgan fingerprint density at radius 2 is 2.38 bits per heavy atom. The lowest BCUT2D eigenvalue weighted by Gasteiger charge is -2.04. The molecule has 0 saturated heterocycles. The molecule has 0 aromatic rings. The van der Waals surface area contributed by atoms with Gasteiger partial charge in [0, 0.05) is 13.0 Å². The van der Waals surface area contributed by atoms with E-state index in [9.17, 15) is 4.79 Å². The minimum Gasteiger partial charge on any atom is -0.293 e. The van der Waals surface area contributed by atoms with Crippen molar-refractivity contribution in [2.75, 3.05) is 6.54 Å². The van der Waals surface area contributed by atoms with Crippen LogP contribution in [0, 0.1) is 0 Å². The predicted molar refractivity (Wildman–Crippen MR) is 32.2 cm³/mol. The number of carbonyl (C=O) groups excluding carboxylic acids is 1. The van der Waals surface area contributed by atoms with Crippen LogP contribution in [0.2, 0.25) is 0 Å². The molecule has 0 atom stereocenters. The molecular formula is C6H9NO. The van der Waals surface area contributed by atoms with Crippen molar-refractivity contribution >= 4 is 11.5 Å². The van der Waals surface area contributed by atoms with Crippen molar-refractivity contribution < 1.29 is 4.79 Å². The van der Waals surface area contributed by atoms with Crippen LogP contribution in [0.1, 0.15) is 19.8 Å². The molecule has 0 aliphatic carbocycles. The lowest BCUT2D eigenvalue weighted by molar-refractivity contribution is -0.113. The Kier molecular flexibility index (Phi) is 1.42. The highest BCUT2D eigenvalue weighted by molar-refractivity contribution is 6.39. The highest BCUT2D eigenvalue weighted by Gasteiger charge is 2.08. The molecule has 8 heavy (non-hydrogen) atoms. The van der Waals surface area contributed by atoms with Gasteiger partial charge in [0.2, 0.25) is 0 Å². The lowest BCUT2D eigenvalue weighted by atomic mass is 10.1. The van der Waals surface area contributed by atoms with Crippen LogP contribution >= 0.6 is 0 Å². The molecule has 0 aromatic carbocycles. The highest BCUT2D eigenvalue weighted by Crippen LogP contribution is 2.00. The first-order valence-corrected chi connectivity index (χ1v) is 2.85. The van der Waals surface area contributed by atoms with Gasteiger partial charge < -0.3 is 0 Å². The summed E-state index contributed by atoms with van der Waals surface area (Å²) in [5.74, 6) is 0.219. The predicted octanol–water partition coefficient (Wildman–Crippen LogP) is 0.810. The fourth-order valence-electron chi connectivity index (χ4n) is 0.755. The fraction of sp³-hybridized carbons (Fsp3) is 0.667. The Labute approximate surface area is 48.6 Å². The first-order valence-electron chi connectivity index (χ1n) is 2.85. The van der Waals surface area contributed by atoms with E-state index in [0.29, 0.717) is 12.1 Å². The quantitative estimate of drug-likeness (QED) is 0.455. The van der Waals surface area contributed by atoms with Gasteiger partial charge in [-0.3, -0.25) is 9.79 Å². The van der Waals surface area contributed by atoms with Gasteiger partial charge in [-0.05, 0) is 13.3 Å². The highest BCUT2D eigenvalue weighted by atomic mass is 16.1. The van der Waals surface area contributed by atoms with E-state index in [1.165, 1.54) is 0 Å². The summed E-state index contributed by atoms with van der Waals surface area (Å²) in [7, 11) is 0. The Bertz CT molecular complexity index is 137. The van der Waals surface area contributed by atoms with Crippen molar-refractivity contribution in [1.29, 1.82) is 0 Å². The third kappa shape index (κ3) is 0.941. The molecule has 0 aromatic heterocycles. The van der Waals surface area contributed by atoms with Gasteiger partial charge in [0.25, 0.3) is 0 Å². The number of aliphatic imine (C=N–C) groups is 1. The van der Waals surface area contributed by atoms with E-state index in [4.69, 9.17) is 0 Å². The molecule has 44 valence electrons. The number of hydrogen-bond donors (Lipinski definition) is 0. The molecule has 0 unspecified atom stereocenters. The van der Waals surface area contributed by atoms with Gasteiger partial charge in [-0.1, -0.05) is 0 Å². The zero-order chi connectivity index (χ0) is 5.98. The number of ketones is 1. The van der Waals surface area contributed by atoms with E-state index in [0.717, 1.165) is 13.0 Å². The Morgan fingerprint density at radius 3 is 2.75 bits per heavy atom. The van der Waals surface area contributed by atoms with Crippen LogP contribution in [0.5, 0.6) is 0 Å². The maximum absolute atomic E-state index is 10.7. The minimum atomic E-state index is 0.219. The first kappa shape index (κ1) is 5.48. The Morgan fingerprint density at radius 1 is 1.62 bits per heavy atom. The SMILES string of the molecule is CC1=NCCCC1=O. The topological polar surface area (TPSA) is 29.4 Å². The lowest BCUT2D eigenvalue weighted by Crippen LogP contribution is -2.15. The maximum atomic E-state index is 10.7. The van der Waals surface area contributed by atoms with Crippen LogP contribution in [0.15, 0.2) is 4.99 Å². The molecule has 1 aliphatic heterocycles. The second-order valence-electron chi connectivity index (χ2n) is 1.99. The van der Waals surface area contributed by atoms with E-state index in [-0.39, 0.29) is 5.78 Å². The van der Waals surface area contributed by atoms with Crippen LogP contribution < -0.4 is 0 Å². The number of nitrogens with zero attached hydrogens (tertiary/aromatic N) is 1. The standard InChI is InChI=1S/C6H9NO/c1-5-6(8)3-2-4-7-5/h2-4H2,1H3. The van der Waals surface area contributed by atoms with E-state index < -0.39 is 0 Å². The zero-order valence-electron chi connectivity index (χ0n) is 4.98. The van der Waals surface area contributed by atoms with Gasteiger partial charge >= 0.3 is 0 Å². The third-order valence-corrected chi connectivity index (χ3v) is 1.31. The monoisotopic (exact) mass is 111 g/mol. The second-order valence-corrected chi connectivity index (χ2v) is 1.99. The van der Waals surface area contributed by atoms with Gasteiger partial charge in [0.05, 0.1) is 5.71 Å². The summed E-state index contributed by atoms with van der Waals surface area (Å²) in [6.45, 7) is 2.62. The van der Waals surface area contributed by atoms with Crippen molar-refractivity contribution in [1.82, 2.24) is 0 Å². The summed E-state index contributed by atoms with van der Waals surface area (Å²) in [4.78, 5) is 14.6. The number of hydrogen-bond acceptors (Lipinski definition) is 2. The van der Waals surface area contributed by atoms with E-state index in [1.807, 2.05) is 0 Å². The Balaban J connectivity index is 2.67. The van der Waals surface area contributed by atoms with Gasteiger partial charge in [0.1, 0.15) is 0 Å². The van der Waals surface area contributed by atoms with Crippen molar-refractivity contribution in [2.24, 2.45) is 4.99 Å². The molecule has 1 aliphatic rings. The average molecular weight is 111 g/mol. The Hall–Kier alpha value is -0.660. The van der Waals surface area contributed by atoms with Gasteiger partial charge in [-0.2, -0.15) is 0 Å². The van der Waals surface area contributed by atoms with Crippen molar-refractivity contribution in [2.45, 2.75) is 19.8 Å². The summed E-state index contributed by atoms with van der Waals surface area (Å²) >= 11 is 0. The van der Waals surface area contributed by atoms with E-state index in [1.54, 1.807) is 6.92 Å². The van der Waals surface area contributed by atoms with Gasteiger partial charge in [-0.25, -0.2) is 0 Å². The van der Waals surface area contributed by atoms with Crippen molar-refractivity contribution in [3.8, 4) is 0 Å². The molecule has 0 radical (unpaired) electrons. The van der Waals surface area contributed by atoms with Crippen LogP contribution in [0.25, 0.3) is 0 Å². The van der Waals surface area contributed by atoms with Crippen molar-refractivity contribution in [3.05, 3.63) is 0 Å². The molecule has 0 N–H and O–H groups in total. The van der Waals surface area contributed by atoms with Crippen molar-refractivity contribution in [3.63, 3.8) is 0 Å². The number of carbonyl (C=O) groups is 1. The minimum absolute atomic E-state index is 0.219. The normalized spacial score (nSPS) is 20.6. The fourth-order valence-corrected chi connectivity index (χ4v) is 0.755. The maximum Gasteiger partial charge on any atom is 0.176 e. The molecule has 0 amide bonds. The summed E-state index contributed by atoms with van der Waals surface area (Å²) in [5.41, 5.74) is 0.705. The molecule has 0 saturated carbocycles. The smallest absolute Gasteiger partial charge is 0.176 e. The molecule has 2 nitrogen and oxygen atoms in total. The number of Topliss-reactive ketones (excluding diaryl/α,β-unsaturated/α-hetero) is 1. The zero-order valence-corrected chi connectivity index (χ0v) is 4.98. The third-order valence-electron chi connectivity index (χ3n) is 1.31. The summed E-state index contributed by atoms with van der Waals surface area (Å²) < 4.78 is 0. The van der Waals surface area contributed by atoms with E-state index >= 15 is 0 Å². The molecule has 1 rings (SSSR count). The second kappa shape index (κ2) is 2.07. The van der Waals surface area contributed by atoms with E-state index in [2.05, 4.69) is 4.99 Å². The summed E-state index contributed by atoms with van der Waals surface area (Å²) in [5, 5.41) is 0. The van der Waals surface area contributed by atoms with Crippen LogP contribution in [0.4, 0.5) is 0 Å². The molecule has 2 heteroatoms. The number of rotatable bonds is 0. The first-order chi connectivity index (χ1) is 3.80. The average Bonchev–Trinajstić information content (AvgIpc) is 1.77. The molecule has 0 fully saturated rings. The molecular weight excluding hydrogens is 102 g/mol. The van der Waals surface area contributed by atoms with Crippen LogP contribution in [0.3, 0.4) is 0 Å². The molecule has 1 heterocycles. The molecule has 0 bridgehead atoms. The largest absolute Gasteiger partial charge is 0.293 e. The van der Waals surface area contributed by atoms with Gasteiger partial charge in [-0.15, -0.1) is 0 Å². The van der Waals surface area contributed by atoms with Crippen LogP contribution in [-0.2, 0) is 4.79 Å². The summed E-state index contributed by atoms with van der Waals surface area (Å²) in [6.07, 6.45) is 1.64. The summed E-state index contributed by atoms with van der Waals surface area (Å²) in [6, 6.07) is 0. The van der Waals surface area contributed by atoms with Crippen LogP contribution in [-0.4, -0.2) is 18.0 Å². The molecule has 0 spiro atoms.